The van der Waals surface area contributed by atoms with Crippen LogP contribution in [-0.2, 0) is 4.79 Å². The van der Waals surface area contributed by atoms with E-state index in [1.54, 1.807) is 35.3 Å². The molecule has 0 spiro atoms. The van der Waals surface area contributed by atoms with Crippen LogP contribution in [-0.4, -0.2) is 21.7 Å². The van der Waals surface area contributed by atoms with Gasteiger partial charge in [0.25, 0.3) is 0 Å². The fourth-order valence-electron chi connectivity index (χ4n) is 2.06. The third kappa shape index (κ3) is 4.06. The molecule has 1 aromatic carbocycles. The van der Waals surface area contributed by atoms with Crippen LogP contribution in [0.2, 0.25) is 5.02 Å². The van der Waals surface area contributed by atoms with Gasteiger partial charge in [-0.1, -0.05) is 25.4 Å². The number of rotatable bonds is 5. The van der Waals surface area contributed by atoms with Gasteiger partial charge in [0.1, 0.15) is 0 Å². The molecule has 1 atom stereocenters. The van der Waals surface area contributed by atoms with E-state index in [2.05, 4.69) is 10.4 Å². The molecule has 112 valence electrons. The Labute approximate surface area is 129 Å². The average Bonchev–Trinajstić information content (AvgIpc) is 2.91. The molecule has 0 saturated heterocycles. The Balaban J connectivity index is 2.23. The summed E-state index contributed by atoms with van der Waals surface area (Å²) in [7, 11) is 0. The second-order valence-electron chi connectivity index (χ2n) is 5.34. The summed E-state index contributed by atoms with van der Waals surface area (Å²) < 4.78 is 1.67. The lowest BCUT2D eigenvalue weighted by Gasteiger charge is -2.16. The normalized spacial score (nSPS) is 12.4. The van der Waals surface area contributed by atoms with Crippen LogP contribution in [0, 0.1) is 5.92 Å². The number of aromatic nitrogens is 2. The van der Waals surface area contributed by atoms with Gasteiger partial charge >= 0.3 is 0 Å². The zero-order valence-electron chi connectivity index (χ0n) is 12.1. The first-order valence-corrected chi connectivity index (χ1v) is 7.21. The number of hydrogen-bond donors (Lipinski definition) is 2. The number of amides is 1. The maximum absolute atomic E-state index is 12.2. The molecule has 21 heavy (non-hydrogen) atoms. The van der Waals surface area contributed by atoms with E-state index in [4.69, 9.17) is 17.3 Å². The molecule has 2 rings (SSSR count). The monoisotopic (exact) mass is 306 g/mol. The van der Waals surface area contributed by atoms with Crippen molar-refractivity contribution in [1.82, 2.24) is 9.78 Å². The molecule has 1 aromatic heterocycles. The molecule has 1 amide bonds. The van der Waals surface area contributed by atoms with Crippen molar-refractivity contribution in [1.29, 1.82) is 0 Å². The summed E-state index contributed by atoms with van der Waals surface area (Å²) in [6.07, 6.45) is 4.10. The number of carbonyl (C=O) groups is 1. The first kappa shape index (κ1) is 15.5. The molecular formula is C15H19ClN4O. The lowest BCUT2D eigenvalue weighted by molar-refractivity contribution is -0.117. The number of carbonyl (C=O) groups excluding carboxylic acids is 1. The van der Waals surface area contributed by atoms with Gasteiger partial charge in [0.2, 0.25) is 5.91 Å². The van der Waals surface area contributed by atoms with Gasteiger partial charge in [-0.15, -0.1) is 0 Å². The molecule has 2 aromatic rings. The van der Waals surface area contributed by atoms with Gasteiger partial charge in [-0.2, -0.15) is 5.10 Å². The van der Waals surface area contributed by atoms with Gasteiger partial charge < -0.3 is 11.1 Å². The lowest BCUT2D eigenvalue weighted by atomic mass is 10.0. The summed E-state index contributed by atoms with van der Waals surface area (Å²) >= 11 is 6.01. The Morgan fingerprint density at radius 1 is 1.48 bits per heavy atom. The second kappa shape index (κ2) is 6.74. The Bertz CT molecular complexity index is 610. The van der Waals surface area contributed by atoms with E-state index in [0.717, 1.165) is 5.69 Å². The van der Waals surface area contributed by atoms with Crippen LogP contribution in [0.4, 0.5) is 5.69 Å². The molecule has 0 saturated carbocycles. The number of anilines is 1. The highest BCUT2D eigenvalue weighted by atomic mass is 35.5. The van der Waals surface area contributed by atoms with E-state index < -0.39 is 6.04 Å². The molecule has 5 nitrogen and oxygen atoms in total. The fourth-order valence-corrected chi connectivity index (χ4v) is 2.23. The molecule has 3 N–H and O–H groups in total. The molecule has 6 heteroatoms. The highest BCUT2D eigenvalue weighted by Crippen LogP contribution is 2.24. The number of benzene rings is 1. The molecule has 0 unspecified atom stereocenters. The maximum atomic E-state index is 12.2. The predicted molar refractivity (Wildman–Crippen MR) is 84.6 cm³/mol. The highest BCUT2D eigenvalue weighted by Gasteiger charge is 2.17. The minimum Gasteiger partial charge on any atom is -0.323 e. The Hall–Kier alpha value is -1.85. The Morgan fingerprint density at radius 3 is 2.86 bits per heavy atom. The zero-order valence-corrected chi connectivity index (χ0v) is 12.8. The number of nitrogens with one attached hydrogen (secondary N) is 1. The Morgan fingerprint density at radius 2 is 2.24 bits per heavy atom. The van der Waals surface area contributed by atoms with Crippen LogP contribution in [0.25, 0.3) is 5.69 Å². The van der Waals surface area contributed by atoms with Crippen molar-refractivity contribution >= 4 is 23.2 Å². The van der Waals surface area contributed by atoms with Crippen molar-refractivity contribution in [3.63, 3.8) is 0 Å². The highest BCUT2D eigenvalue weighted by molar-refractivity contribution is 6.31. The summed E-state index contributed by atoms with van der Waals surface area (Å²) in [5.74, 6) is 0.134. The van der Waals surface area contributed by atoms with Crippen LogP contribution in [0.3, 0.4) is 0 Å². The average molecular weight is 307 g/mol. The number of nitrogens with two attached hydrogens (primary N) is 1. The first-order chi connectivity index (χ1) is 9.97. The van der Waals surface area contributed by atoms with Crippen molar-refractivity contribution in [2.45, 2.75) is 26.3 Å². The van der Waals surface area contributed by atoms with Crippen LogP contribution in [0.5, 0.6) is 0 Å². The molecule has 0 aliphatic rings. The van der Waals surface area contributed by atoms with E-state index >= 15 is 0 Å². The molecule has 0 fully saturated rings. The summed E-state index contributed by atoms with van der Waals surface area (Å²) in [6.45, 7) is 4.06. The van der Waals surface area contributed by atoms with Crippen molar-refractivity contribution in [3.8, 4) is 5.69 Å². The van der Waals surface area contributed by atoms with Crippen molar-refractivity contribution in [2.75, 3.05) is 5.32 Å². The van der Waals surface area contributed by atoms with Gasteiger partial charge in [0.15, 0.2) is 0 Å². The van der Waals surface area contributed by atoms with Crippen molar-refractivity contribution in [2.24, 2.45) is 11.7 Å². The largest absolute Gasteiger partial charge is 0.323 e. The molecule has 0 aliphatic heterocycles. The van der Waals surface area contributed by atoms with Crippen LogP contribution < -0.4 is 11.1 Å². The van der Waals surface area contributed by atoms with Gasteiger partial charge in [0.05, 0.1) is 17.4 Å². The third-order valence-electron chi connectivity index (χ3n) is 3.03. The van der Waals surface area contributed by atoms with E-state index in [0.29, 0.717) is 23.0 Å². The van der Waals surface area contributed by atoms with Crippen LogP contribution in [0.1, 0.15) is 20.3 Å². The maximum Gasteiger partial charge on any atom is 0.241 e. The third-order valence-corrected chi connectivity index (χ3v) is 3.26. The molecule has 0 radical (unpaired) electrons. The first-order valence-electron chi connectivity index (χ1n) is 6.83. The quantitative estimate of drug-likeness (QED) is 0.892. The summed E-state index contributed by atoms with van der Waals surface area (Å²) in [6, 6.07) is 6.51. The molecule has 1 heterocycles. The molecule has 0 bridgehead atoms. The van der Waals surface area contributed by atoms with E-state index in [9.17, 15) is 4.79 Å². The lowest BCUT2D eigenvalue weighted by Crippen LogP contribution is -2.36. The Kier molecular flexibility index (Phi) is 4.98. The second-order valence-corrected chi connectivity index (χ2v) is 5.77. The molecule has 0 aliphatic carbocycles. The zero-order chi connectivity index (χ0) is 15.4. The topological polar surface area (TPSA) is 72.9 Å². The SMILES string of the molecule is CC(C)C[C@@H](N)C(=O)Nc1cc(Cl)ccc1-n1cccn1. The van der Waals surface area contributed by atoms with E-state index in [1.807, 2.05) is 19.9 Å². The number of hydrogen-bond acceptors (Lipinski definition) is 3. The number of nitrogens with zero attached hydrogens (tertiary/aromatic N) is 2. The summed E-state index contributed by atoms with van der Waals surface area (Å²) in [5, 5.41) is 7.54. The van der Waals surface area contributed by atoms with E-state index in [-0.39, 0.29) is 5.91 Å². The minimum atomic E-state index is -0.547. The van der Waals surface area contributed by atoms with E-state index in [1.165, 1.54) is 0 Å². The standard InChI is InChI=1S/C15H19ClN4O/c1-10(2)8-12(17)15(21)19-13-9-11(16)4-5-14(13)20-7-3-6-18-20/h3-7,9-10,12H,8,17H2,1-2H3,(H,19,21)/t12-/m1/s1. The van der Waals surface area contributed by atoms with Crippen LogP contribution in [0.15, 0.2) is 36.7 Å². The van der Waals surface area contributed by atoms with Crippen molar-refractivity contribution < 1.29 is 4.79 Å². The van der Waals surface area contributed by atoms with Gasteiger partial charge in [-0.25, -0.2) is 4.68 Å². The summed E-state index contributed by atoms with van der Waals surface area (Å²) in [5.41, 5.74) is 7.24. The van der Waals surface area contributed by atoms with Gasteiger partial charge in [-0.05, 0) is 36.6 Å². The smallest absolute Gasteiger partial charge is 0.241 e. The van der Waals surface area contributed by atoms with Gasteiger partial charge in [-0.3, -0.25) is 4.79 Å². The molecular weight excluding hydrogens is 288 g/mol. The van der Waals surface area contributed by atoms with Crippen LogP contribution >= 0.6 is 11.6 Å². The van der Waals surface area contributed by atoms with Gasteiger partial charge in [0, 0.05) is 17.4 Å². The number of halogens is 1. The van der Waals surface area contributed by atoms with Crippen molar-refractivity contribution in [3.05, 3.63) is 41.7 Å². The summed E-state index contributed by atoms with van der Waals surface area (Å²) in [4.78, 5) is 12.2. The predicted octanol–water partition coefficient (Wildman–Crippen LogP) is 2.84. The minimum absolute atomic E-state index is 0.223. The fraction of sp³-hybridized carbons (Fsp3) is 0.333.